The molecule has 4 rings (SSSR count). The second-order valence-electron chi connectivity index (χ2n) is 8.93. The number of ether oxygens (including phenoxy) is 2. The lowest BCUT2D eigenvalue weighted by atomic mass is 9.99. The van der Waals surface area contributed by atoms with Gasteiger partial charge in [0.15, 0.2) is 12.1 Å². The van der Waals surface area contributed by atoms with Gasteiger partial charge in [-0.3, -0.25) is 9.79 Å². The zero-order valence-electron chi connectivity index (χ0n) is 21.9. The Morgan fingerprint density at radius 2 is 1.85 bits per heavy atom. The number of halogens is 2. The molecule has 1 saturated heterocycles. The molecule has 1 aliphatic heterocycles. The smallest absolute Gasteiger partial charge is 0.333 e. The van der Waals surface area contributed by atoms with E-state index in [0.29, 0.717) is 27.7 Å². The topological polar surface area (TPSA) is 102 Å². The third kappa shape index (κ3) is 7.16. The predicted molar refractivity (Wildman–Crippen MR) is 156 cm³/mol. The van der Waals surface area contributed by atoms with E-state index in [2.05, 4.69) is 11.6 Å². The standard InChI is InChI=1S/C29H26ClFN2O6S2/c1-19(16-30)26(29(35)39-18-20-11-13-23(38-2)14-12-20)33-27(34)25(32-17-21-7-6-8-22(31)15-21)28(33)40-41(36,37)24-9-4-3-5-10-24/h3-15,17,25-26,28H,1,16,18H2,2H3. The highest BCUT2D eigenvalue weighted by Gasteiger charge is 2.55. The summed E-state index contributed by atoms with van der Waals surface area (Å²) in [7, 11) is -1.98. The molecule has 1 heterocycles. The summed E-state index contributed by atoms with van der Waals surface area (Å²) in [6.45, 7) is 3.73. The number of benzene rings is 3. The number of carbonyl (C=O) groups excluding carboxylic acids is 2. The monoisotopic (exact) mass is 616 g/mol. The third-order valence-corrected chi connectivity index (χ3v) is 10.2. The van der Waals surface area contributed by atoms with Gasteiger partial charge in [0.05, 0.1) is 12.0 Å². The van der Waals surface area contributed by atoms with Crippen molar-refractivity contribution in [3.05, 3.63) is 108 Å². The molecule has 41 heavy (non-hydrogen) atoms. The van der Waals surface area contributed by atoms with Crippen molar-refractivity contribution in [1.29, 1.82) is 0 Å². The molecule has 1 aliphatic rings. The number of rotatable bonds is 12. The number of esters is 1. The van der Waals surface area contributed by atoms with E-state index in [-0.39, 0.29) is 23.0 Å². The number of β-lactam (4-membered cyclic amide) rings is 1. The Balaban J connectivity index is 1.62. The molecule has 3 atom stereocenters. The minimum Gasteiger partial charge on any atom is -0.497 e. The van der Waals surface area contributed by atoms with Gasteiger partial charge in [-0.05, 0) is 53.1 Å². The summed E-state index contributed by atoms with van der Waals surface area (Å²) in [5.74, 6) is -1.51. The molecule has 214 valence electrons. The first-order valence-electron chi connectivity index (χ1n) is 12.3. The van der Waals surface area contributed by atoms with Crippen LogP contribution in [-0.2, 0) is 29.8 Å². The van der Waals surface area contributed by atoms with Gasteiger partial charge in [0.2, 0.25) is 8.87 Å². The average molecular weight is 617 g/mol. The van der Waals surface area contributed by atoms with Crippen LogP contribution in [0.5, 0.6) is 5.75 Å². The van der Waals surface area contributed by atoms with Gasteiger partial charge in [-0.1, -0.05) is 49.0 Å². The molecule has 1 amide bonds. The number of hydrogen-bond donors (Lipinski definition) is 0. The Labute approximate surface area is 246 Å². The van der Waals surface area contributed by atoms with Gasteiger partial charge >= 0.3 is 5.97 Å². The summed E-state index contributed by atoms with van der Waals surface area (Å²) < 4.78 is 50.9. The summed E-state index contributed by atoms with van der Waals surface area (Å²) in [6, 6.07) is 17.5. The fraction of sp³-hybridized carbons (Fsp3) is 0.207. The van der Waals surface area contributed by atoms with E-state index in [0.717, 1.165) is 4.90 Å². The molecule has 3 aromatic rings. The molecule has 1 fully saturated rings. The molecule has 3 unspecified atom stereocenters. The van der Waals surface area contributed by atoms with Crippen molar-refractivity contribution >= 4 is 49.4 Å². The van der Waals surface area contributed by atoms with Gasteiger partial charge in [0.25, 0.3) is 5.91 Å². The van der Waals surface area contributed by atoms with E-state index in [1.165, 1.54) is 43.7 Å². The first kappa shape index (κ1) is 30.3. The van der Waals surface area contributed by atoms with E-state index >= 15 is 0 Å². The summed E-state index contributed by atoms with van der Waals surface area (Å²) in [6.07, 6.45) is 1.29. The molecule has 3 aromatic carbocycles. The zero-order valence-corrected chi connectivity index (χ0v) is 24.2. The number of carbonyl (C=O) groups is 2. The van der Waals surface area contributed by atoms with E-state index in [4.69, 9.17) is 21.1 Å². The van der Waals surface area contributed by atoms with Crippen LogP contribution in [0.1, 0.15) is 11.1 Å². The fourth-order valence-electron chi connectivity index (χ4n) is 4.01. The lowest BCUT2D eigenvalue weighted by molar-refractivity contribution is -0.161. The van der Waals surface area contributed by atoms with Crippen LogP contribution in [-0.4, -0.2) is 61.9 Å². The van der Waals surface area contributed by atoms with Gasteiger partial charge in [0, 0.05) is 22.9 Å². The Kier molecular flexibility index (Phi) is 9.85. The quantitative estimate of drug-likeness (QED) is 0.0718. The van der Waals surface area contributed by atoms with E-state index in [9.17, 15) is 22.4 Å². The van der Waals surface area contributed by atoms with Crippen molar-refractivity contribution in [3.8, 4) is 5.75 Å². The Hall–Kier alpha value is -3.67. The van der Waals surface area contributed by atoms with E-state index < -0.39 is 44.0 Å². The number of nitrogens with zero attached hydrogens (tertiary/aromatic N) is 2. The van der Waals surface area contributed by atoms with Crippen molar-refractivity contribution in [3.63, 3.8) is 0 Å². The van der Waals surface area contributed by atoms with Crippen LogP contribution in [0.4, 0.5) is 4.39 Å². The van der Waals surface area contributed by atoms with Crippen LogP contribution < -0.4 is 4.74 Å². The highest BCUT2D eigenvalue weighted by atomic mass is 35.5. The van der Waals surface area contributed by atoms with E-state index in [1.807, 2.05) is 0 Å². The van der Waals surface area contributed by atoms with Crippen LogP contribution in [0.15, 0.2) is 101 Å². The molecular weight excluding hydrogens is 591 g/mol. The Bertz CT molecular complexity index is 1550. The SMILES string of the molecule is C=C(CCl)C(C(=O)OCc1ccc(OC)cc1)N1C(=O)C(N=Cc2cccc(F)c2)C1SS(=O)(=O)c1ccccc1. The lowest BCUT2D eigenvalue weighted by Crippen LogP contribution is -2.68. The van der Waals surface area contributed by atoms with Crippen molar-refractivity contribution < 1.29 is 31.9 Å². The molecule has 0 aliphatic carbocycles. The maximum absolute atomic E-state index is 13.7. The van der Waals surface area contributed by atoms with Crippen LogP contribution in [0.3, 0.4) is 0 Å². The normalized spacial score (nSPS) is 17.6. The molecule has 0 N–H and O–H groups in total. The third-order valence-electron chi connectivity index (χ3n) is 6.14. The van der Waals surface area contributed by atoms with Gasteiger partial charge < -0.3 is 14.4 Å². The highest BCUT2D eigenvalue weighted by Crippen LogP contribution is 2.41. The minimum absolute atomic E-state index is 0.0203. The Morgan fingerprint density at radius 3 is 2.49 bits per heavy atom. The molecule has 0 bridgehead atoms. The molecular formula is C29H26ClFN2O6S2. The van der Waals surface area contributed by atoms with Crippen molar-refractivity contribution in [1.82, 2.24) is 4.90 Å². The van der Waals surface area contributed by atoms with Crippen molar-refractivity contribution in [2.24, 2.45) is 4.99 Å². The largest absolute Gasteiger partial charge is 0.497 e. The Morgan fingerprint density at radius 1 is 1.15 bits per heavy atom. The second kappa shape index (κ2) is 13.3. The second-order valence-corrected chi connectivity index (χ2v) is 13.1. The number of alkyl halides is 1. The minimum atomic E-state index is -3.99. The predicted octanol–water partition coefficient (Wildman–Crippen LogP) is 4.82. The summed E-state index contributed by atoms with van der Waals surface area (Å²) >= 11 is 6.03. The van der Waals surface area contributed by atoms with Crippen LogP contribution in [0.25, 0.3) is 0 Å². The lowest BCUT2D eigenvalue weighted by Gasteiger charge is -2.47. The van der Waals surface area contributed by atoms with Crippen molar-refractivity contribution in [2.45, 2.75) is 29.0 Å². The maximum atomic E-state index is 13.7. The molecule has 8 nitrogen and oxygen atoms in total. The number of hydrogen-bond acceptors (Lipinski definition) is 8. The first-order valence-corrected chi connectivity index (χ1v) is 15.7. The summed E-state index contributed by atoms with van der Waals surface area (Å²) in [4.78, 5) is 32.1. The molecule has 0 aromatic heterocycles. The van der Waals surface area contributed by atoms with Gasteiger partial charge in [-0.15, -0.1) is 11.6 Å². The molecule has 0 radical (unpaired) electrons. The molecule has 0 spiro atoms. The van der Waals surface area contributed by atoms with Crippen LogP contribution in [0, 0.1) is 5.82 Å². The zero-order chi connectivity index (χ0) is 29.6. The average Bonchev–Trinajstić information content (AvgIpc) is 2.98. The van der Waals surface area contributed by atoms with Gasteiger partial charge in [-0.2, -0.15) is 0 Å². The van der Waals surface area contributed by atoms with Gasteiger partial charge in [0.1, 0.15) is 23.5 Å². The number of methoxy groups -OCH3 is 1. The summed E-state index contributed by atoms with van der Waals surface area (Å²) in [5, 5.41) is -1.13. The summed E-state index contributed by atoms with van der Waals surface area (Å²) in [5.41, 5.74) is 1.20. The fourth-order valence-corrected chi connectivity index (χ4v) is 7.67. The van der Waals surface area contributed by atoms with Crippen molar-refractivity contribution in [2.75, 3.05) is 13.0 Å². The van der Waals surface area contributed by atoms with Crippen LogP contribution in [0.2, 0.25) is 0 Å². The number of aliphatic imine (C=N–C) groups is 1. The maximum Gasteiger partial charge on any atom is 0.333 e. The van der Waals surface area contributed by atoms with Gasteiger partial charge in [-0.25, -0.2) is 17.6 Å². The molecule has 12 heteroatoms. The molecule has 0 saturated carbocycles. The number of likely N-dealkylation sites (tertiary alicyclic amines) is 1. The highest BCUT2D eigenvalue weighted by molar-refractivity contribution is 8.72. The first-order chi connectivity index (χ1) is 19.6. The van der Waals surface area contributed by atoms with Crippen LogP contribution >= 0.6 is 22.4 Å². The number of amides is 1. The van der Waals surface area contributed by atoms with E-state index in [1.54, 1.807) is 48.5 Å².